The molecule has 0 unspecified atom stereocenters. The minimum atomic E-state index is -0.185. The van der Waals surface area contributed by atoms with Crippen molar-refractivity contribution in [2.75, 3.05) is 32.6 Å². The molecule has 1 aromatic carbocycles. The highest BCUT2D eigenvalue weighted by atomic mass is 16.5. The second-order valence-electron chi connectivity index (χ2n) is 4.50. The van der Waals surface area contributed by atoms with Gasteiger partial charge in [-0.05, 0) is 25.0 Å². The monoisotopic (exact) mass is 280 g/mol. The first kappa shape index (κ1) is 16.3. The molecule has 0 aromatic heterocycles. The number of benzene rings is 1. The minimum absolute atomic E-state index is 0.185. The maximum absolute atomic E-state index is 12.0. The van der Waals surface area contributed by atoms with Crippen LogP contribution in [0.5, 0.6) is 5.75 Å². The summed E-state index contributed by atoms with van der Waals surface area (Å²) < 4.78 is 10.5. The van der Waals surface area contributed by atoms with Crippen LogP contribution in [0.2, 0.25) is 0 Å². The first-order chi connectivity index (χ1) is 9.70. The third-order valence-corrected chi connectivity index (χ3v) is 2.92. The van der Waals surface area contributed by atoms with Crippen LogP contribution in [-0.4, -0.2) is 32.8 Å². The minimum Gasteiger partial charge on any atom is -0.495 e. The summed E-state index contributed by atoms with van der Waals surface area (Å²) >= 11 is 0. The summed E-state index contributed by atoms with van der Waals surface area (Å²) in [5.74, 6) is 0.329. The molecule has 0 heterocycles. The van der Waals surface area contributed by atoms with Crippen molar-refractivity contribution >= 4 is 11.6 Å². The van der Waals surface area contributed by atoms with Crippen LogP contribution < -0.4 is 15.8 Å². The van der Waals surface area contributed by atoms with Crippen LogP contribution in [0.1, 0.15) is 36.5 Å². The van der Waals surface area contributed by atoms with E-state index in [1.807, 2.05) is 0 Å². The number of nitrogens with two attached hydrogens (primary N) is 1. The predicted molar refractivity (Wildman–Crippen MR) is 80.1 cm³/mol. The molecule has 20 heavy (non-hydrogen) atoms. The van der Waals surface area contributed by atoms with Gasteiger partial charge in [-0.2, -0.15) is 0 Å². The average molecular weight is 280 g/mol. The third kappa shape index (κ3) is 5.09. The van der Waals surface area contributed by atoms with Gasteiger partial charge in [-0.1, -0.05) is 19.4 Å². The Morgan fingerprint density at radius 2 is 2.05 bits per heavy atom. The smallest absolute Gasteiger partial charge is 0.253 e. The third-order valence-electron chi connectivity index (χ3n) is 2.92. The number of methoxy groups -OCH3 is 1. The second kappa shape index (κ2) is 9.20. The molecular formula is C15H24N2O3. The van der Waals surface area contributed by atoms with Gasteiger partial charge < -0.3 is 20.5 Å². The Bertz CT molecular complexity index is 422. The molecule has 0 aliphatic carbocycles. The number of hydrogen-bond donors (Lipinski definition) is 2. The van der Waals surface area contributed by atoms with Gasteiger partial charge in [0.2, 0.25) is 0 Å². The molecule has 5 heteroatoms. The summed E-state index contributed by atoms with van der Waals surface area (Å²) in [5, 5.41) is 2.83. The Kier molecular flexibility index (Phi) is 7.50. The summed E-state index contributed by atoms with van der Waals surface area (Å²) in [5.41, 5.74) is 6.68. The van der Waals surface area contributed by atoms with E-state index in [2.05, 4.69) is 12.2 Å². The molecule has 0 saturated carbocycles. The fourth-order valence-corrected chi connectivity index (χ4v) is 1.74. The molecule has 3 N–H and O–H groups in total. The van der Waals surface area contributed by atoms with E-state index in [0.717, 1.165) is 25.9 Å². The average Bonchev–Trinajstić information content (AvgIpc) is 2.46. The predicted octanol–water partition coefficient (Wildman–Crippen LogP) is 2.21. The molecule has 1 amide bonds. The number of unbranched alkanes of at least 4 members (excludes halogenated alkanes) is 1. The molecule has 0 atom stereocenters. The van der Waals surface area contributed by atoms with Crippen molar-refractivity contribution < 1.29 is 14.3 Å². The number of rotatable bonds is 9. The second-order valence-corrected chi connectivity index (χ2v) is 4.50. The van der Waals surface area contributed by atoms with E-state index in [-0.39, 0.29) is 5.91 Å². The van der Waals surface area contributed by atoms with Crippen LogP contribution in [-0.2, 0) is 4.74 Å². The van der Waals surface area contributed by atoms with Crippen molar-refractivity contribution in [3.8, 4) is 5.75 Å². The van der Waals surface area contributed by atoms with Gasteiger partial charge in [0.1, 0.15) is 5.75 Å². The van der Waals surface area contributed by atoms with Gasteiger partial charge in [0, 0.05) is 19.8 Å². The number of anilines is 1. The molecular weight excluding hydrogens is 256 g/mol. The summed E-state index contributed by atoms with van der Waals surface area (Å²) in [6, 6.07) is 5.16. The number of carbonyl (C=O) groups excluding carboxylic acids is 1. The van der Waals surface area contributed by atoms with Crippen molar-refractivity contribution in [3.63, 3.8) is 0 Å². The molecule has 112 valence electrons. The number of ether oxygens (including phenoxy) is 2. The number of nitrogens with one attached hydrogen (secondary N) is 1. The van der Waals surface area contributed by atoms with E-state index in [1.54, 1.807) is 18.2 Å². The van der Waals surface area contributed by atoms with Gasteiger partial charge >= 0.3 is 0 Å². The highest BCUT2D eigenvalue weighted by Crippen LogP contribution is 2.24. The molecule has 0 bridgehead atoms. The number of amides is 1. The fraction of sp³-hybridized carbons (Fsp3) is 0.533. The Balaban J connectivity index is 2.33. The molecule has 1 rings (SSSR count). The molecule has 0 aliphatic rings. The largest absolute Gasteiger partial charge is 0.495 e. The van der Waals surface area contributed by atoms with Crippen molar-refractivity contribution in [2.45, 2.75) is 26.2 Å². The lowest BCUT2D eigenvalue weighted by Gasteiger charge is -2.10. The zero-order valence-corrected chi connectivity index (χ0v) is 12.3. The highest BCUT2D eigenvalue weighted by molar-refractivity contribution is 6.00. The van der Waals surface area contributed by atoms with Crippen molar-refractivity contribution in [1.29, 1.82) is 0 Å². The van der Waals surface area contributed by atoms with E-state index in [4.69, 9.17) is 15.2 Å². The van der Waals surface area contributed by atoms with Crippen LogP contribution in [0.4, 0.5) is 5.69 Å². The van der Waals surface area contributed by atoms with Crippen LogP contribution >= 0.6 is 0 Å². The Hall–Kier alpha value is -1.75. The molecule has 5 nitrogen and oxygen atoms in total. The molecule has 0 aliphatic heterocycles. The van der Waals surface area contributed by atoms with Crippen LogP contribution in [0.25, 0.3) is 0 Å². The lowest BCUT2D eigenvalue weighted by molar-refractivity contribution is 0.0941. The summed E-state index contributed by atoms with van der Waals surface area (Å²) in [4.78, 5) is 12.0. The zero-order chi connectivity index (χ0) is 14.8. The Morgan fingerprint density at radius 1 is 1.30 bits per heavy atom. The SMILES string of the molecule is CCCCOCCCNC(=O)c1cccc(OC)c1N. The van der Waals surface area contributed by atoms with Crippen molar-refractivity contribution in [1.82, 2.24) is 5.32 Å². The Labute approximate surface area is 120 Å². The van der Waals surface area contributed by atoms with Crippen molar-refractivity contribution in [2.24, 2.45) is 0 Å². The molecule has 0 saturated heterocycles. The molecule has 0 spiro atoms. The van der Waals surface area contributed by atoms with Crippen LogP contribution in [0.3, 0.4) is 0 Å². The van der Waals surface area contributed by atoms with Crippen LogP contribution in [0.15, 0.2) is 18.2 Å². The number of nitrogen functional groups attached to an aromatic ring is 1. The Morgan fingerprint density at radius 3 is 2.75 bits per heavy atom. The molecule has 0 fully saturated rings. The van der Waals surface area contributed by atoms with E-state index in [1.165, 1.54) is 7.11 Å². The maximum atomic E-state index is 12.0. The quantitative estimate of drug-likeness (QED) is 0.537. The molecule has 1 aromatic rings. The lowest BCUT2D eigenvalue weighted by Crippen LogP contribution is -2.26. The van der Waals surface area contributed by atoms with E-state index < -0.39 is 0 Å². The maximum Gasteiger partial charge on any atom is 0.253 e. The van der Waals surface area contributed by atoms with Gasteiger partial charge in [-0.3, -0.25) is 4.79 Å². The molecule has 0 radical (unpaired) electrons. The van der Waals surface area contributed by atoms with Gasteiger partial charge in [0.05, 0.1) is 18.4 Å². The summed E-state index contributed by atoms with van der Waals surface area (Å²) in [7, 11) is 1.53. The first-order valence-electron chi connectivity index (χ1n) is 6.99. The van der Waals surface area contributed by atoms with Gasteiger partial charge in [-0.15, -0.1) is 0 Å². The summed E-state index contributed by atoms with van der Waals surface area (Å²) in [6.07, 6.45) is 3.00. The standard InChI is InChI=1S/C15H24N2O3/c1-3-4-10-20-11-6-9-17-15(18)12-7-5-8-13(19-2)14(12)16/h5,7-8H,3-4,6,9-11,16H2,1-2H3,(H,17,18). The van der Waals surface area contributed by atoms with E-state index in [0.29, 0.717) is 30.2 Å². The highest BCUT2D eigenvalue weighted by Gasteiger charge is 2.12. The first-order valence-corrected chi connectivity index (χ1v) is 6.99. The van der Waals surface area contributed by atoms with Gasteiger partial charge in [-0.25, -0.2) is 0 Å². The van der Waals surface area contributed by atoms with Gasteiger partial charge in [0.25, 0.3) is 5.91 Å². The topological polar surface area (TPSA) is 73.6 Å². The number of hydrogen-bond acceptors (Lipinski definition) is 4. The van der Waals surface area contributed by atoms with Crippen molar-refractivity contribution in [3.05, 3.63) is 23.8 Å². The lowest BCUT2D eigenvalue weighted by atomic mass is 10.1. The normalized spacial score (nSPS) is 10.3. The van der Waals surface area contributed by atoms with E-state index >= 15 is 0 Å². The zero-order valence-electron chi connectivity index (χ0n) is 12.3. The van der Waals surface area contributed by atoms with Crippen LogP contribution in [0, 0.1) is 0 Å². The van der Waals surface area contributed by atoms with Gasteiger partial charge in [0.15, 0.2) is 0 Å². The van der Waals surface area contributed by atoms with E-state index in [9.17, 15) is 4.79 Å². The number of carbonyl (C=O) groups is 1. The number of para-hydroxylation sites is 1. The summed E-state index contributed by atoms with van der Waals surface area (Å²) in [6.45, 7) is 4.14. The fourth-order valence-electron chi connectivity index (χ4n) is 1.74.